The van der Waals surface area contributed by atoms with E-state index in [0.717, 1.165) is 17.0 Å². The van der Waals surface area contributed by atoms with Crippen molar-refractivity contribution in [2.24, 2.45) is 0 Å². The highest BCUT2D eigenvalue weighted by molar-refractivity contribution is 5.68. The molecule has 124 valence electrons. The minimum atomic E-state index is -0.652. The Morgan fingerprint density at radius 1 is 1.35 bits per heavy atom. The molecule has 1 amide bonds. The molecule has 1 atom stereocenters. The maximum atomic E-state index is 11.9. The molecule has 0 aliphatic rings. The number of hydrogen-bond acceptors (Lipinski definition) is 4. The SMILES string of the molecule is Cc1[nH]c(C(CO)NC(=O)OC(C)(C)C)nc1-c1ccccc1. The summed E-state index contributed by atoms with van der Waals surface area (Å²) >= 11 is 0. The Labute approximate surface area is 135 Å². The number of carbonyl (C=O) groups is 1. The van der Waals surface area contributed by atoms with Crippen molar-refractivity contribution in [1.29, 1.82) is 0 Å². The number of rotatable bonds is 4. The fourth-order valence-electron chi connectivity index (χ4n) is 2.18. The van der Waals surface area contributed by atoms with Crippen LogP contribution in [0.25, 0.3) is 11.3 Å². The molecule has 0 radical (unpaired) electrons. The summed E-state index contributed by atoms with van der Waals surface area (Å²) in [6, 6.07) is 9.08. The summed E-state index contributed by atoms with van der Waals surface area (Å²) in [5, 5.41) is 12.2. The van der Waals surface area contributed by atoms with E-state index in [0.29, 0.717) is 5.82 Å². The van der Waals surface area contributed by atoms with Crippen LogP contribution in [0.3, 0.4) is 0 Å². The highest BCUT2D eigenvalue weighted by Crippen LogP contribution is 2.23. The lowest BCUT2D eigenvalue weighted by atomic mass is 10.1. The first-order chi connectivity index (χ1) is 10.8. The van der Waals surface area contributed by atoms with Gasteiger partial charge in [0.2, 0.25) is 0 Å². The quantitative estimate of drug-likeness (QED) is 0.809. The Morgan fingerprint density at radius 2 is 2.00 bits per heavy atom. The van der Waals surface area contributed by atoms with Crippen LogP contribution >= 0.6 is 0 Å². The maximum absolute atomic E-state index is 11.9. The zero-order chi connectivity index (χ0) is 17.0. The summed E-state index contributed by atoms with van der Waals surface area (Å²) in [7, 11) is 0. The number of amides is 1. The summed E-state index contributed by atoms with van der Waals surface area (Å²) in [6.45, 7) is 6.97. The zero-order valence-corrected chi connectivity index (χ0v) is 13.9. The molecule has 0 aliphatic heterocycles. The molecule has 6 nitrogen and oxygen atoms in total. The number of carbonyl (C=O) groups excluding carboxylic acids is 1. The van der Waals surface area contributed by atoms with Gasteiger partial charge in [-0.15, -0.1) is 0 Å². The lowest BCUT2D eigenvalue weighted by Crippen LogP contribution is -2.36. The van der Waals surface area contributed by atoms with Crippen molar-refractivity contribution in [2.75, 3.05) is 6.61 Å². The second kappa shape index (κ2) is 6.83. The average Bonchev–Trinajstić information content (AvgIpc) is 2.85. The minimum Gasteiger partial charge on any atom is -0.444 e. The van der Waals surface area contributed by atoms with Crippen LogP contribution < -0.4 is 5.32 Å². The Bertz CT molecular complexity index is 659. The van der Waals surface area contributed by atoms with Gasteiger partial charge < -0.3 is 20.1 Å². The highest BCUT2D eigenvalue weighted by Gasteiger charge is 2.23. The number of benzene rings is 1. The number of aryl methyl sites for hydroxylation is 1. The van der Waals surface area contributed by atoms with Crippen LogP contribution in [0, 0.1) is 6.92 Å². The predicted octanol–water partition coefficient (Wildman–Crippen LogP) is 2.94. The standard InChI is InChI=1S/C17H23N3O3/c1-11-14(12-8-6-5-7-9-12)20-15(18-11)13(10-21)19-16(22)23-17(2,3)4/h5-9,13,21H,10H2,1-4H3,(H,18,20)(H,19,22). The predicted molar refractivity (Wildman–Crippen MR) is 88.0 cm³/mol. The van der Waals surface area contributed by atoms with Crippen LogP contribution in [0.1, 0.15) is 38.3 Å². The lowest BCUT2D eigenvalue weighted by Gasteiger charge is -2.22. The lowest BCUT2D eigenvalue weighted by molar-refractivity contribution is 0.0478. The van der Waals surface area contributed by atoms with E-state index in [-0.39, 0.29) is 6.61 Å². The number of aliphatic hydroxyl groups is 1. The molecule has 2 aromatic rings. The van der Waals surface area contributed by atoms with E-state index in [1.807, 2.05) is 37.3 Å². The minimum absolute atomic E-state index is 0.277. The van der Waals surface area contributed by atoms with Gasteiger partial charge in [0.25, 0.3) is 0 Å². The molecular formula is C17H23N3O3. The first kappa shape index (κ1) is 17.0. The van der Waals surface area contributed by atoms with Gasteiger partial charge in [-0.1, -0.05) is 30.3 Å². The van der Waals surface area contributed by atoms with Crippen molar-refractivity contribution >= 4 is 6.09 Å². The second-order valence-electron chi connectivity index (χ2n) is 6.34. The Balaban J connectivity index is 2.18. The third-order valence-corrected chi connectivity index (χ3v) is 3.15. The van der Waals surface area contributed by atoms with Crippen molar-refractivity contribution in [1.82, 2.24) is 15.3 Å². The largest absolute Gasteiger partial charge is 0.444 e. The molecule has 0 spiro atoms. The Hall–Kier alpha value is -2.34. The third kappa shape index (κ3) is 4.56. The molecule has 0 saturated heterocycles. The number of imidazole rings is 1. The number of H-pyrrole nitrogens is 1. The number of ether oxygens (including phenoxy) is 1. The first-order valence-electron chi connectivity index (χ1n) is 7.52. The van der Waals surface area contributed by atoms with Crippen molar-refractivity contribution in [3.05, 3.63) is 41.9 Å². The van der Waals surface area contributed by atoms with Crippen molar-refractivity contribution in [3.8, 4) is 11.3 Å². The number of aromatic nitrogens is 2. The van der Waals surface area contributed by atoms with Crippen LogP contribution in [0.4, 0.5) is 4.79 Å². The van der Waals surface area contributed by atoms with Gasteiger partial charge in [-0.05, 0) is 27.7 Å². The topological polar surface area (TPSA) is 87.2 Å². The van der Waals surface area contributed by atoms with Crippen LogP contribution in [0.2, 0.25) is 0 Å². The summed E-state index contributed by atoms with van der Waals surface area (Å²) in [6.07, 6.45) is -0.591. The zero-order valence-electron chi connectivity index (χ0n) is 13.9. The fourth-order valence-corrected chi connectivity index (χ4v) is 2.18. The second-order valence-corrected chi connectivity index (χ2v) is 6.34. The van der Waals surface area contributed by atoms with E-state index in [1.54, 1.807) is 20.8 Å². The number of hydrogen-bond donors (Lipinski definition) is 3. The molecule has 0 saturated carbocycles. The van der Waals surface area contributed by atoms with Gasteiger partial charge in [-0.2, -0.15) is 0 Å². The van der Waals surface area contributed by atoms with Crippen LogP contribution in [0.15, 0.2) is 30.3 Å². The molecule has 3 N–H and O–H groups in total. The number of aromatic amines is 1. The van der Waals surface area contributed by atoms with E-state index in [4.69, 9.17) is 4.74 Å². The van der Waals surface area contributed by atoms with E-state index < -0.39 is 17.7 Å². The average molecular weight is 317 g/mol. The van der Waals surface area contributed by atoms with Gasteiger partial charge >= 0.3 is 6.09 Å². The Morgan fingerprint density at radius 3 is 2.57 bits per heavy atom. The van der Waals surface area contributed by atoms with Crippen molar-refractivity contribution in [2.45, 2.75) is 39.3 Å². The molecule has 0 fully saturated rings. The summed E-state index contributed by atoms with van der Waals surface area (Å²) in [5.41, 5.74) is 2.04. The molecular weight excluding hydrogens is 294 g/mol. The highest BCUT2D eigenvalue weighted by atomic mass is 16.6. The molecule has 1 aromatic carbocycles. The van der Waals surface area contributed by atoms with E-state index in [9.17, 15) is 9.90 Å². The van der Waals surface area contributed by atoms with Gasteiger partial charge in [0.05, 0.1) is 12.3 Å². The molecule has 1 heterocycles. The molecule has 6 heteroatoms. The normalized spacial score (nSPS) is 12.7. The van der Waals surface area contributed by atoms with Crippen molar-refractivity contribution < 1.29 is 14.6 Å². The molecule has 1 aromatic heterocycles. The van der Waals surface area contributed by atoms with Gasteiger partial charge in [-0.3, -0.25) is 0 Å². The first-order valence-corrected chi connectivity index (χ1v) is 7.52. The van der Waals surface area contributed by atoms with Crippen LogP contribution in [0.5, 0.6) is 0 Å². The molecule has 0 aliphatic carbocycles. The van der Waals surface area contributed by atoms with E-state index >= 15 is 0 Å². The number of nitrogens with zero attached hydrogens (tertiary/aromatic N) is 1. The number of alkyl carbamates (subject to hydrolysis) is 1. The fraction of sp³-hybridized carbons (Fsp3) is 0.412. The van der Waals surface area contributed by atoms with Gasteiger partial charge in [0.15, 0.2) is 0 Å². The maximum Gasteiger partial charge on any atom is 0.408 e. The third-order valence-electron chi connectivity index (χ3n) is 3.15. The van der Waals surface area contributed by atoms with Gasteiger partial charge in [0.1, 0.15) is 17.5 Å². The smallest absolute Gasteiger partial charge is 0.408 e. The molecule has 2 rings (SSSR count). The molecule has 23 heavy (non-hydrogen) atoms. The van der Waals surface area contributed by atoms with Gasteiger partial charge in [-0.25, -0.2) is 9.78 Å². The summed E-state index contributed by atoms with van der Waals surface area (Å²) in [4.78, 5) is 19.5. The number of nitrogens with one attached hydrogen (secondary N) is 2. The van der Waals surface area contributed by atoms with E-state index in [1.165, 1.54) is 0 Å². The van der Waals surface area contributed by atoms with Crippen molar-refractivity contribution in [3.63, 3.8) is 0 Å². The molecule has 1 unspecified atom stereocenters. The molecule has 0 bridgehead atoms. The number of aliphatic hydroxyl groups excluding tert-OH is 1. The van der Waals surface area contributed by atoms with Crippen LogP contribution in [-0.2, 0) is 4.74 Å². The Kier molecular flexibility index (Phi) is 5.05. The monoisotopic (exact) mass is 317 g/mol. The van der Waals surface area contributed by atoms with Gasteiger partial charge in [0, 0.05) is 11.3 Å². The summed E-state index contributed by atoms with van der Waals surface area (Å²) < 4.78 is 5.21. The van der Waals surface area contributed by atoms with Crippen LogP contribution in [-0.4, -0.2) is 33.4 Å². The van der Waals surface area contributed by atoms with E-state index in [2.05, 4.69) is 15.3 Å². The summed E-state index contributed by atoms with van der Waals surface area (Å²) in [5.74, 6) is 0.495.